The van der Waals surface area contributed by atoms with E-state index in [9.17, 15) is 10.1 Å². The molecule has 7 nitrogen and oxygen atoms in total. The quantitative estimate of drug-likeness (QED) is 0.568. The third-order valence-electron chi connectivity index (χ3n) is 5.66. The molecule has 1 aliphatic heterocycles. The van der Waals surface area contributed by atoms with Gasteiger partial charge in [0.15, 0.2) is 5.65 Å². The van der Waals surface area contributed by atoms with Gasteiger partial charge in [-0.1, -0.05) is 31.2 Å². The number of hydrogen-bond donors (Lipinski definition) is 2. The highest BCUT2D eigenvalue weighted by Crippen LogP contribution is 2.39. The minimum Gasteiger partial charge on any atom is -0.383 e. The van der Waals surface area contributed by atoms with Gasteiger partial charge in [0.25, 0.3) is 12.6 Å². The molecule has 1 fully saturated rings. The van der Waals surface area contributed by atoms with Crippen molar-refractivity contribution in [2.75, 3.05) is 12.3 Å². The number of anilines is 1. The first-order valence-corrected chi connectivity index (χ1v) is 10.9. The van der Waals surface area contributed by atoms with Crippen molar-refractivity contribution in [2.24, 2.45) is 0 Å². The Morgan fingerprint density at radius 2 is 2.33 bits per heavy atom. The summed E-state index contributed by atoms with van der Waals surface area (Å²) in [7, 11) is 0. The molecule has 4 rings (SSSR count). The van der Waals surface area contributed by atoms with Gasteiger partial charge in [0.2, 0.25) is 0 Å². The van der Waals surface area contributed by atoms with E-state index in [0.717, 1.165) is 46.8 Å². The van der Waals surface area contributed by atoms with Gasteiger partial charge in [0, 0.05) is 23.6 Å². The van der Waals surface area contributed by atoms with Gasteiger partial charge >= 0.3 is 0 Å². The number of nitrogen functional groups attached to an aromatic ring is 1. The lowest BCUT2D eigenvalue weighted by Gasteiger charge is -2.24. The van der Waals surface area contributed by atoms with Crippen molar-refractivity contribution in [1.29, 1.82) is 5.26 Å². The zero-order valence-electron chi connectivity index (χ0n) is 16.7. The lowest BCUT2D eigenvalue weighted by atomic mass is 9.41. The van der Waals surface area contributed by atoms with Gasteiger partial charge in [-0.15, -0.1) is 0 Å². The summed E-state index contributed by atoms with van der Waals surface area (Å²) in [5.74, 6) is 2.95. The molecular formula is C21H22BBrN6O. The van der Waals surface area contributed by atoms with Crippen LogP contribution in [0.25, 0.3) is 16.8 Å². The lowest BCUT2D eigenvalue weighted by Crippen LogP contribution is -2.22. The normalized spacial score (nSPS) is 16.4. The molecule has 1 saturated heterocycles. The summed E-state index contributed by atoms with van der Waals surface area (Å²) in [5, 5.41) is 16.6. The fourth-order valence-corrected chi connectivity index (χ4v) is 4.71. The molecule has 1 amide bonds. The Morgan fingerprint density at radius 1 is 1.50 bits per heavy atom. The molecule has 1 atom stereocenters. The predicted octanol–water partition coefficient (Wildman–Crippen LogP) is 3.93. The molecule has 0 aliphatic carbocycles. The van der Waals surface area contributed by atoms with Gasteiger partial charge < -0.3 is 11.1 Å². The minimum absolute atomic E-state index is 0.0491. The Morgan fingerprint density at radius 3 is 3.10 bits per heavy atom. The number of hydrogen-bond acceptors (Lipinski definition) is 5. The van der Waals surface area contributed by atoms with Crippen LogP contribution in [0.1, 0.15) is 41.7 Å². The van der Waals surface area contributed by atoms with Crippen molar-refractivity contribution in [3.05, 3.63) is 46.2 Å². The standard InChI is InChI=1S/C21H22BBrN6O/c1-2-26-21(30)14-6-3-5-13(9-14)16-11-27-29-19(25)17(23)18(28-20(16)29)15-7-4-8-22(10-15)12-24/h3,5-6,9,11,15H,2,4,7-8,10,25H2,1H3,(H,26,30). The molecule has 1 unspecified atom stereocenters. The molecule has 0 radical (unpaired) electrons. The van der Waals surface area contributed by atoms with Gasteiger partial charge in [-0.2, -0.15) is 9.61 Å². The third kappa shape index (κ3) is 3.68. The Bertz CT molecular complexity index is 1150. The minimum atomic E-state index is -0.114. The second-order valence-electron chi connectivity index (χ2n) is 7.62. The topological polar surface area (TPSA) is 109 Å². The first-order valence-electron chi connectivity index (χ1n) is 10.1. The monoisotopic (exact) mass is 464 g/mol. The molecule has 0 saturated carbocycles. The van der Waals surface area contributed by atoms with Crippen LogP contribution < -0.4 is 11.1 Å². The van der Waals surface area contributed by atoms with E-state index >= 15 is 0 Å². The van der Waals surface area contributed by atoms with E-state index in [1.54, 1.807) is 16.8 Å². The Hall–Kier alpha value is -2.86. The predicted molar refractivity (Wildman–Crippen MR) is 121 cm³/mol. The summed E-state index contributed by atoms with van der Waals surface area (Å²) in [6.45, 7) is 2.51. The molecule has 30 heavy (non-hydrogen) atoms. The number of rotatable bonds is 4. The van der Waals surface area contributed by atoms with Crippen LogP contribution in [0.5, 0.6) is 0 Å². The smallest absolute Gasteiger partial charge is 0.268 e. The van der Waals surface area contributed by atoms with Crippen LogP contribution >= 0.6 is 15.9 Å². The number of carbonyl (C=O) groups excluding carboxylic acids is 1. The second-order valence-corrected chi connectivity index (χ2v) is 8.41. The van der Waals surface area contributed by atoms with E-state index in [4.69, 9.17) is 10.7 Å². The molecule has 3 aromatic rings. The van der Waals surface area contributed by atoms with Crippen molar-refractivity contribution in [1.82, 2.24) is 19.9 Å². The van der Waals surface area contributed by atoms with Crippen LogP contribution in [0.15, 0.2) is 34.9 Å². The molecule has 152 valence electrons. The second kappa shape index (κ2) is 8.48. The number of nitrogens with zero attached hydrogens (tertiary/aromatic N) is 4. The highest BCUT2D eigenvalue weighted by molar-refractivity contribution is 9.10. The molecule has 1 aliphatic rings. The fraction of sp³-hybridized carbons (Fsp3) is 0.333. The lowest BCUT2D eigenvalue weighted by molar-refractivity contribution is 0.0956. The van der Waals surface area contributed by atoms with Crippen LogP contribution in [-0.2, 0) is 0 Å². The summed E-state index contributed by atoms with van der Waals surface area (Å²) in [5.41, 5.74) is 10.2. The van der Waals surface area contributed by atoms with E-state index in [1.807, 2.05) is 25.1 Å². The number of amides is 1. The number of halogens is 1. The highest BCUT2D eigenvalue weighted by atomic mass is 79.9. The summed E-state index contributed by atoms with van der Waals surface area (Å²) >= 11 is 3.61. The van der Waals surface area contributed by atoms with Crippen LogP contribution in [0.3, 0.4) is 0 Å². The molecular weight excluding hydrogens is 443 g/mol. The largest absolute Gasteiger partial charge is 0.383 e. The van der Waals surface area contributed by atoms with Gasteiger partial charge in [0.05, 0.1) is 16.4 Å². The molecule has 3 heterocycles. The SMILES string of the molecule is CCNC(=O)c1cccc(-c2cnn3c(N)c(Br)c(C4CCCB(C#N)C4)nc23)c1. The first kappa shape index (κ1) is 20.4. The van der Waals surface area contributed by atoms with Crippen LogP contribution in [0, 0.1) is 11.2 Å². The van der Waals surface area contributed by atoms with Gasteiger partial charge in [0.1, 0.15) is 5.82 Å². The number of fused-ring (bicyclic) bond motifs is 1. The number of aromatic nitrogens is 3. The molecule has 0 spiro atoms. The average Bonchev–Trinajstić information content (AvgIpc) is 3.20. The van der Waals surface area contributed by atoms with E-state index in [0.29, 0.717) is 23.6 Å². The fourth-order valence-electron chi connectivity index (χ4n) is 4.13. The maximum absolute atomic E-state index is 12.2. The van der Waals surface area contributed by atoms with Crippen LogP contribution in [0.2, 0.25) is 12.6 Å². The van der Waals surface area contributed by atoms with E-state index in [2.05, 4.69) is 32.3 Å². The summed E-state index contributed by atoms with van der Waals surface area (Å²) < 4.78 is 2.36. The van der Waals surface area contributed by atoms with Gasteiger partial charge in [-0.05, 0) is 52.9 Å². The third-order valence-corrected chi connectivity index (χ3v) is 6.48. The van der Waals surface area contributed by atoms with E-state index < -0.39 is 0 Å². The van der Waals surface area contributed by atoms with Crippen molar-refractivity contribution in [3.8, 4) is 17.1 Å². The highest BCUT2D eigenvalue weighted by Gasteiger charge is 2.30. The van der Waals surface area contributed by atoms with Crippen molar-refractivity contribution >= 4 is 40.0 Å². The molecule has 0 bridgehead atoms. The van der Waals surface area contributed by atoms with E-state index in [1.165, 1.54) is 0 Å². The Labute approximate surface area is 183 Å². The maximum atomic E-state index is 12.2. The van der Waals surface area contributed by atoms with E-state index in [-0.39, 0.29) is 18.5 Å². The number of carbonyl (C=O) groups is 1. The zero-order valence-corrected chi connectivity index (χ0v) is 18.3. The summed E-state index contributed by atoms with van der Waals surface area (Å²) in [4.78, 5) is 17.2. The molecule has 2 aromatic heterocycles. The molecule has 3 N–H and O–H groups in total. The summed E-state index contributed by atoms with van der Waals surface area (Å²) in [6, 6.07) is 7.42. The van der Waals surface area contributed by atoms with Crippen molar-refractivity contribution in [3.63, 3.8) is 0 Å². The summed E-state index contributed by atoms with van der Waals surface area (Å²) in [6.07, 6.45) is 5.43. The van der Waals surface area contributed by atoms with Crippen LogP contribution in [0.4, 0.5) is 5.82 Å². The van der Waals surface area contributed by atoms with Gasteiger partial charge in [-0.3, -0.25) is 4.79 Å². The Kier molecular flexibility index (Phi) is 5.77. The number of nitriles is 1. The average molecular weight is 465 g/mol. The number of nitrogens with one attached hydrogen (secondary N) is 1. The van der Waals surface area contributed by atoms with Crippen molar-refractivity contribution < 1.29 is 4.79 Å². The molecule has 1 aromatic carbocycles. The first-order chi connectivity index (χ1) is 14.5. The number of benzene rings is 1. The molecule has 9 heteroatoms. The van der Waals surface area contributed by atoms with Gasteiger partial charge in [-0.25, -0.2) is 10.2 Å². The Balaban J connectivity index is 1.80. The zero-order chi connectivity index (χ0) is 21.3. The number of nitrogens with two attached hydrogens (primary N) is 1. The van der Waals surface area contributed by atoms with Crippen LogP contribution in [-0.4, -0.2) is 33.8 Å². The maximum Gasteiger partial charge on any atom is 0.268 e. The van der Waals surface area contributed by atoms with Crippen molar-refractivity contribution in [2.45, 2.75) is 38.3 Å².